The number of hydrogen-bond donors (Lipinski definition) is 2. The summed E-state index contributed by atoms with van der Waals surface area (Å²) >= 11 is 0. The van der Waals surface area contributed by atoms with Crippen molar-refractivity contribution in [2.75, 3.05) is 6.54 Å². The molecule has 0 spiro atoms. The number of rotatable bonds is 7. The number of nitrogens with one attached hydrogen (secondary N) is 1. The van der Waals surface area contributed by atoms with Gasteiger partial charge in [0.2, 0.25) is 5.91 Å². The Balaban J connectivity index is 0.00000441. The van der Waals surface area contributed by atoms with Crippen molar-refractivity contribution in [1.82, 2.24) is 15.1 Å². The molecule has 1 aromatic rings. The summed E-state index contributed by atoms with van der Waals surface area (Å²) in [4.78, 5) is 12.0. The summed E-state index contributed by atoms with van der Waals surface area (Å²) in [5, 5.41) is 6.54. The SMILES string of the molecule is CCC(N)(CC)CNC(=O)Cc1c(C)nn(C(F)F)c1C.Cl. The monoisotopic (exact) mass is 338 g/mol. The molecule has 0 unspecified atom stereocenters. The third kappa shape index (κ3) is 4.91. The molecule has 1 aromatic heterocycles. The molecule has 1 heterocycles. The third-order valence-electron chi connectivity index (χ3n) is 4.04. The summed E-state index contributed by atoms with van der Waals surface area (Å²) < 4.78 is 26.1. The van der Waals surface area contributed by atoms with Gasteiger partial charge in [0.25, 0.3) is 0 Å². The normalized spacial score (nSPS) is 11.5. The quantitative estimate of drug-likeness (QED) is 0.802. The van der Waals surface area contributed by atoms with Crippen molar-refractivity contribution in [3.63, 3.8) is 0 Å². The smallest absolute Gasteiger partial charge is 0.333 e. The van der Waals surface area contributed by atoms with Crippen LogP contribution in [0.25, 0.3) is 0 Å². The van der Waals surface area contributed by atoms with Gasteiger partial charge >= 0.3 is 6.55 Å². The van der Waals surface area contributed by atoms with E-state index in [1.165, 1.54) is 0 Å². The average Bonchev–Trinajstić information content (AvgIpc) is 2.73. The Labute approximate surface area is 136 Å². The second-order valence-corrected chi connectivity index (χ2v) is 5.39. The lowest BCUT2D eigenvalue weighted by atomic mass is 9.94. The Hall–Kier alpha value is -1.21. The number of carbonyl (C=O) groups is 1. The zero-order chi connectivity index (χ0) is 16.2. The molecule has 0 aliphatic carbocycles. The fourth-order valence-electron chi connectivity index (χ4n) is 2.14. The van der Waals surface area contributed by atoms with E-state index < -0.39 is 12.1 Å². The predicted octanol–water partition coefficient (Wildman–Crippen LogP) is 2.49. The molecule has 3 N–H and O–H groups in total. The van der Waals surface area contributed by atoms with Crippen molar-refractivity contribution in [2.45, 2.75) is 59.0 Å². The maximum absolute atomic E-state index is 12.7. The molecule has 0 aliphatic heterocycles. The fraction of sp³-hybridized carbons (Fsp3) is 0.714. The molecule has 0 radical (unpaired) electrons. The van der Waals surface area contributed by atoms with Gasteiger partial charge in [-0.1, -0.05) is 13.8 Å². The Morgan fingerprint density at radius 1 is 1.36 bits per heavy atom. The summed E-state index contributed by atoms with van der Waals surface area (Å²) in [7, 11) is 0. The molecule has 0 aliphatic rings. The number of halogens is 3. The number of hydrogen-bond acceptors (Lipinski definition) is 3. The lowest BCUT2D eigenvalue weighted by molar-refractivity contribution is -0.120. The number of aryl methyl sites for hydroxylation is 1. The van der Waals surface area contributed by atoms with Crippen LogP contribution in [0.3, 0.4) is 0 Å². The molecule has 0 fully saturated rings. The second-order valence-electron chi connectivity index (χ2n) is 5.39. The fourth-order valence-corrected chi connectivity index (χ4v) is 2.14. The van der Waals surface area contributed by atoms with Gasteiger partial charge in [-0.25, -0.2) is 4.68 Å². The van der Waals surface area contributed by atoms with E-state index in [1.54, 1.807) is 13.8 Å². The first-order chi connectivity index (χ1) is 9.74. The molecule has 128 valence electrons. The summed E-state index contributed by atoms with van der Waals surface area (Å²) in [5.74, 6) is -0.230. The van der Waals surface area contributed by atoms with Crippen LogP contribution < -0.4 is 11.1 Å². The lowest BCUT2D eigenvalue weighted by Gasteiger charge is -2.26. The van der Waals surface area contributed by atoms with Crippen LogP contribution in [0.1, 0.15) is 50.2 Å². The summed E-state index contributed by atoms with van der Waals surface area (Å²) in [6.07, 6.45) is 1.55. The van der Waals surface area contributed by atoms with Gasteiger partial charge in [-0.15, -0.1) is 12.4 Å². The first kappa shape index (κ1) is 20.8. The minimum absolute atomic E-state index is 0. The van der Waals surface area contributed by atoms with Crippen molar-refractivity contribution in [3.8, 4) is 0 Å². The minimum atomic E-state index is -2.70. The Kier molecular flexibility index (Phi) is 7.97. The van der Waals surface area contributed by atoms with Crippen LogP contribution in [0.5, 0.6) is 0 Å². The van der Waals surface area contributed by atoms with Crippen LogP contribution in [-0.2, 0) is 11.2 Å². The highest BCUT2D eigenvalue weighted by Gasteiger charge is 2.23. The van der Waals surface area contributed by atoms with Crippen molar-refractivity contribution in [3.05, 3.63) is 17.0 Å². The van der Waals surface area contributed by atoms with Gasteiger partial charge in [-0.05, 0) is 26.7 Å². The van der Waals surface area contributed by atoms with Gasteiger partial charge in [0.1, 0.15) is 0 Å². The topological polar surface area (TPSA) is 72.9 Å². The van der Waals surface area contributed by atoms with Crippen LogP contribution in [0.2, 0.25) is 0 Å². The van der Waals surface area contributed by atoms with E-state index in [9.17, 15) is 13.6 Å². The second kappa shape index (κ2) is 8.43. The van der Waals surface area contributed by atoms with E-state index in [1.807, 2.05) is 13.8 Å². The van der Waals surface area contributed by atoms with Crippen LogP contribution >= 0.6 is 12.4 Å². The first-order valence-electron chi connectivity index (χ1n) is 7.12. The standard InChI is InChI=1S/C14H24F2N4O.ClH/c1-5-14(17,6-2)8-18-12(21)7-11-9(3)19-20(10(11)4)13(15)16;/h13H,5-8,17H2,1-4H3,(H,18,21);1H. The number of aromatic nitrogens is 2. The zero-order valence-corrected chi connectivity index (χ0v) is 14.3. The van der Waals surface area contributed by atoms with Gasteiger partial charge in [0, 0.05) is 23.3 Å². The number of nitrogens with zero attached hydrogens (tertiary/aromatic N) is 2. The molecular formula is C14H25ClF2N4O. The highest BCUT2D eigenvalue weighted by Crippen LogP contribution is 2.19. The molecular weight excluding hydrogens is 314 g/mol. The van der Waals surface area contributed by atoms with Gasteiger partial charge in [-0.2, -0.15) is 13.9 Å². The summed E-state index contributed by atoms with van der Waals surface area (Å²) in [6, 6.07) is 0. The average molecular weight is 339 g/mol. The van der Waals surface area contributed by atoms with E-state index in [-0.39, 0.29) is 24.7 Å². The third-order valence-corrected chi connectivity index (χ3v) is 4.04. The van der Waals surface area contributed by atoms with Crippen molar-refractivity contribution < 1.29 is 13.6 Å². The first-order valence-corrected chi connectivity index (χ1v) is 7.12. The van der Waals surface area contributed by atoms with E-state index >= 15 is 0 Å². The van der Waals surface area contributed by atoms with Crippen LogP contribution in [0.15, 0.2) is 0 Å². The van der Waals surface area contributed by atoms with Crippen LogP contribution in [0.4, 0.5) is 8.78 Å². The summed E-state index contributed by atoms with van der Waals surface area (Å²) in [6.45, 7) is 4.78. The van der Waals surface area contributed by atoms with Crippen LogP contribution in [0, 0.1) is 13.8 Å². The molecule has 0 atom stereocenters. The van der Waals surface area contributed by atoms with Crippen LogP contribution in [-0.4, -0.2) is 27.8 Å². The molecule has 5 nitrogen and oxygen atoms in total. The number of carbonyl (C=O) groups excluding carboxylic acids is 1. The lowest BCUT2D eigenvalue weighted by Crippen LogP contribution is -2.49. The molecule has 8 heteroatoms. The van der Waals surface area contributed by atoms with Gasteiger partial charge in [0.05, 0.1) is 12.1 Å². The van der Waals surface area contributed by atoms with E-state index in [4.69, 9.17) is 5.73 Å². The Morgan fingerprint density at radius 3 is 2.32 bits per heavy atom. The molecule has 1 amide bonds. The maximum Gasteiger partial charge on any atom is 0.333 e. The van der Waals surface area contributed by atoms with Crippen molar-refractivity contribution >= 4 is 18.3 Å². The van der Waals surface area contributed by atoms with Crippen molar-refractivity contribution in [2.24, 2.45) is 5.73 Å². The van der Waals surface area contributed by atoms with E-state index in [0.717, 1.165) is 12.8 Å². The number of alkyl halides is 2. The minimum Gasteiger partial charge on any atom is -0.354 e. The Morgan fingerprint density at radius 2 is 1.91 bits per heavy atom. The summed E-state index contributed by atoms with van der Waals surface area (Å²) in [5.41, 5.74) is 7.01. The van der Waals surface area contributed by atoms with Gasteiger partial charge in [-0.3, -0.25) is 4.79 Å². The molecule has 22 heavy (non-hydrogen) atoms. The van der Waals surface area contributed by atoms with E-state index in [0.29, 0.717) is 28.2 Å². The molecule has 0 saturated heterocycles. The molecule has 0 saturated carbocycles. The van der Waals surface area contributed by atoms with Gasteiger partial charge in [0.15, 0.2) is 0 Å². The number of nitrogens with two attached hydrogens (primary N) is 1. The van der Waals surface area contributed by atoms with Gasteiger partial charge < -0.3 is 11.1 Å². The molecule has 0 bridgehead atoms. The van der Waals surface area contributed by atoms with Crippen molar-refractivity contribution in [1.29, 1.82) is 0 Å². The van der Waals surface area contributed by atoms with E-state index in [2.05, 4.69) is 10.4 Å². The zero-order valence-electron chi connectivity index (χ0n) is 13.4. The largest absolute Gasteiger partial charge is 0.354 e. The highest BCUT2D eigenvalue weighted by molar-refractivity contribution is 5.85. The highest BCUT2D eigenvalue weighted by atomic mass is 35.5. The molecule has 0 aromatic carbocycles. The number of amides is 1. The molecule has 1 rings (SSSR count). The Bertz CT molecular complexity index is 501. The predicted molar refractivity (Wildman–Crippen MR) is 84.4 cm³/mol. The maximum atomic E-state index is 12.7.